The molecule has 0 nitrogen and oxygen atoms in total. The summed E-state index contributed by atoms with van der Waals surface area (Å²) >= 11 is 0. The van der Waals surface area contributed by atoms with Crippen molar-refractivity contribution in [1.29, 1.82) is 0 Å². The summed E-state index contributed by atoms with van der Waals surface area (Å²) in [5.74, 6) is 0. The Kier molecular flexibility index (Phi) is 2.38. The molecule has 1 aliphatic carbocycles. The molecule has 0 bridgehead atoms. The Labute approximate surface area is 95.8 Å². The minimum atomic E-state index is 0.276. The molecule has 80 valence electrons. The van der Waals surface area contributed by atoms with E-state index >= 15 is 0 Å². The van der Waals surface area contributed by atoms with Crippen LogP contribution in [0.25, 0.3) is 6.08 Å². The highest BCUT2D eigenvalue weighted by Crippen LogP contribution is 2.28. The van der Waals surface area contributed by atoms with Crippen LogP contribution in [0.4, 0.5) is 0 Å². The van der Waals surface area contributed by atoms with Gasteiger partial charge < -0.3 is 0 Å². The first-order valence-corrected chi connectivity index (χ1v) is 6.69. The molecule has 0 N–H and O–H groups in total. The van der Waals surface area contributed by atoms with E-state index < -0.39 is 0 Å². The van der Waals surface area contributed by atoms with E-state index in [0.717, 1.165) is 10.2 Å². The summed E-state index contributed by atoms with van der Waals surface area (Å²) in [4.78, 5) is 0. The first kappa shape index (κ1) is 10.7. The summed E-state index contributed by atoms with van der Waals surface area (Å²) in [6.45, 7) is 9.11. The second-order valence-electron chi connectivity index (χ2n) is 5.78. The molecule has 0 saturated carbocycles. The van der Waals surface area contributed by atoms with Crippen LogP contribution in [-0.2, 0) is 11.8 Å². The van der Waals surface area contributed by atoms with Crippen molar-refractivity contribution >= 4 is 21.5 Å². The average Bonchev–Trinajstić information content (AvgIpc) is 2.44. The number of benzene rings is 1. The van der Waals surface area contributed by atoms with Gasteiger partial charge in [0.1, 0.15) is 0 Å². The van der Waals surface area contributed by atoms with Gasteiger partial charge in [0.05, 0.1) is 0 Å². The SMILES string of the molecule is CC1=Cc2cc(C(C)(C)C)cc([SiH3])c2C1. The quantitative estimate of drug-likeness (QED) is 0.581. The zero-order valence-corrected chi connectivity index (χ0v) is 12.4. The normalized spacial score (nSPS) is 15.3. The fourth-order valence-corrected chi connectivity index (χ4v) is 3.02. The molecule has 0 unspecified atom stereocenters. The van der Waals surface area contributed by atoms with E-state index in [2.05, 4.69) is 45.9 Å². The van der Waals surface area contributed by atoms with Gasteiger partial charge in [-0.05, 0) is 35.4 Å². The van der Waals surface area contributed by atoms with Crippen molar-refractivity contribution in [1.82, 2.24) is 0 Å². The molecule has 0 radical (unpaired) electrons. The first-order valence-electron chi connectivity index (χ1n) is 5.69. The largest absolute Gasteiger partial charge is 0.0683 e. The molecule has 0 atom stereocenters. The molecular weight excluding hydrogens is 196 g/mol. The number of hydrogen-bond donors (Lipinski definition) is 0. The average molecular weight is 216 g/mol. The molecular formula is C14H20Si. The summed E-state index contributed by atoms with van der Waals surface area (Å²) in [6.07, 6.45) is 3.53. The lowest BCUT2D eigenvalue weighted by Gasteiger charge is -2.21. The van der Waals surface area contributed by atoms with Crippen molar-refractivity contribution in [3.63, 3.8) is 0 Å². The molecule has 0 aliphatic heterocycles. The number of hydrogen-bond acceptors (Lipinski definition) is 0. The lowest BCUT2D eigenvalue weighted by atomic mass is 9.85. The lowest BCUT2D eigenvalue weighted by Crippen LogP contribution is -2.18. The summed E-state index contributed by atoms with van der Waals surface area (Å²) in [7, 11) is 1.16. The van der Waals surface area contributed by atoms with E-state index in [-0.39, 0.29) is 5.41 Å². The molecule has 0 saturated heterocycles. The van der Waals surface area contributed by atoms with Crippen LogP contribution in [-0.4, -0.2) is 10.2 Å². The van der Waals surface area contributed by atoms with Crippen molar-refractivity contribution < 1.29 is 0 Å². The van der Waals surface area contributed by atoms with Crippen LogP contribution in [0.5, 0.6) is 0 Å². The van der Waals surface area contributed by atoms with E-state index in [1.54, 1.807) is 10.8 Å². The van der Waals surface area contributed by atoms with Gasteiger partial charge in [-0.1, -0.05) is 49.7 Å². The van der Waals surface area contributed by atoms with E-state index in [1.807, 2.05) is 0 Å². The number of fused-ring (bicyclic) bond motifs is 1. The minimum Gasteiger partial charge on any atom is -0.0683 e. The fourth-order valence-electron chi connectivity index (χ4n) is 2.24. The van der Waals surface area contributed by atoms with Crippen LogP contribution in [0.15, 0.2) is 17.7 Å². The van der Waals surface area contributed by atoms with Crippen LogP contribution < -0.4 is 5.19 Å². The Hall–Kier alpha value is -0.823. The summed E-state index contributed by atoms with van der Waals surface area (Å²) in [5.41, 5.74) is 6.33. The van der Waals surface area contributed by atoms with Gasteiger partial charge in [0.15, 0.2) is 0 Å². The summed E-state index contributed by atoms with van der Waals surface area (Å²) in [6, 6.07) is 4.80. The van der Waals surface area contributed by atoms with Gasteiger partial charge in [-0.3, -0.25) is 0 Å². The van der Waals surface area contributed by atoms with Gasteiger partial charge >= 0.3 is 0 Å². The van der Waals surface area contributed by atoms with Crippen molar-refractivity contribution in [3.05, 3.63) is 34.4 Å². The van der Waals surface area contributed by atoms with Crippen LogP contribution in [0.3, 0.4) is 0 Å². The van der Waals surface area contributed by atoms with E-state index in [9.17, 15) is 0 Å². The Bertz CT molecular complexity index is 433. The predicted octanol–water partition coefficient (Wildman–Crippen LogP) is 1.93. The van der Waals surface area contributed by atoms with Crippen LogP contribution in [0.2, 0.25) is 0 Å². The lowest BCUT2D eigenvalue weighted by molar-refractivity contribution is 0.590. The standard InChI is InChI=1S/C14H20Si/c1-9-5-10-7-11(14(2,3)4)8-13(15)12(10)6-9/h5,7-8H,6H2,1-4,15H3. The molecule has 0 fully saturated rings. The Morgan fingerprint density at radius 2 is 1.87 bits per heavy atom. The van der Waals surface area contributed by atoms with Gasteiger partial charge in [0.2, 0.25) is 0 Å². The molecule has 1 aromatic rings. The van der Waals surface area contributed by atoms with Crippen molar-refractivity contribution in [2.75, 3.05) is 0 Å². The van der Waals surface area contributed by atoms with Gasteiger partial charge in [-0.25, -0.2) is 0 Å². The first-order chi connectivity index (χ1) is 6.88. The van der Waals surface area contributed by atoms with Crippen LogP contribution >= 0.6 is 0 Å². The third-order valence-electron chi connectivity index (χ3n) is 3.23. The molecule has 15 heavy (non-hydrogen) atoms. The monoisotopic (exact) mass is 216 g/mol. The summed E-state index contributed by atoms with van der Waals surface area (Å²) < 4.78 is 0. The highest BCUT2D eigenvalue weighted by atomic mass is 28.1. The molecule has 1 aromatic carbocycles. The van der Waals surface area contributed by atoms with Gasteiger partial charge in [0, 0.05) is 10.2 Å². The second kappa shape index (κ2) is 3.34. The third-order valence-corrected chi connectivity index (χ3v) is 4.12. The Morgan fingerprint density at radius 3 is 2.47 bits per heavy atom. The molecule has 1 heteroatoms. The number of rotatable bonds is 0. The topological polar surface area (TPSA) is 0 Å². The maximum Gasteiger partial charge on any atom is 0.0389 e. The second-order valence-corrected chi connectivity index (χ2v) is 6.86. The van der Waals surface area contributed by atoms with E-state index in [0.29, 0.717) is 0 Å². The number of allylic oxidation sites excluding steroid dienone is 1. The van der Waals surface area contributed by atoms with E-state index in [4.69, 9.17) is 0 Å². The van der Waals surface area contributed by atoms with Crippen LogP contribution in [0.1, 0.15) is 44.4 Å². The Balaban J connectivity index is 2.56. The Morgan fingerprint density at radius 1 is 1.20 bits per heavy atom. The smallest absolute Gasteiger partial charge is 0.0389 e. The highest BCUT2D eigenvalue weighted by Gasteiger charge is 2.19. The van der Waals surface area contributed by atoms with Crippen molar-refractivity contribution in [2.45, 2.75) is 39.5 Å². The molecule has 0 spiro atoms. The zero-order chi connectivity index (χ0) is 11.2. The fraction of sp³-hybridized carbons (Fsp3) is 0.429. The maximum atomic E-state index is 2.41. The molecule has 2 rings (SSSR count). The van der Waals surface area contributed by atoms with Crippen LogP contribution in [0, 0.1) is 0 Å². The molecule has 0 amide bonds. The van der Waals surface area contributed by atoms with Crippen molar-refractivity contribution in [2.24, 2.45) is 0 Å². The minimum absolute atomic E-state index is 0.276. The van der Waals surface area contributed by atoms with Crippen molar-refractivity contribution in [3.8, 4) is 0 Å². The zero-order valence-electron chi connectivity index (χ0n) is 10.4. The molecule has 0 heterocycles. The van der Waals surface area contributed by atoms with Gasteiger partial charge in [-0.2, -0.15) is 0 Å². The maximum absolute atomic E-state index is 2.41. The summed E-state index contributed by atoms with van der Waals surface area (Å²) in [5, 5.41) is 1.59. The third kappa shape index (κ3) is 1.93. The predicted molar refractivity (Wildman–Crippen MR) is 72.1 cm³/mol. The highest BCUT2D eigenvalue weighted by molar-refractivity contribution is 6.33. The van der Waals surface area contributed by atoms with E-state index in [1.165, 1.54) is 23.1 Å². The molecule has 1 aliphatic rings. The molecule has 0 aromatic heterocycles. The van der Waals surface area contributed by atoms with Gasteiger partial charge in [0.25, 0.3) is 0 Å². The van der Waals surface area contributed by atoms with Gasteiger partial charge in [-0.15, -0.1) is 0 Å².